The standard InChI is InChI=1S/C20H25N5O/c26-20(18-9-14-25(23-18)17-6-3-10-21-15-17)22-11-4-12-24-13-8-16-5-1-2-7-19(16)24/h1-2,5,7-9,13-14,17,21H,3-4,6,10-12,15H2,(H,22,26). The molecule has 2 aromatic heterocycles. The number of benzene rings is 1. The molecule has 1 aliphatic rings. The van der Waals surface area contributed by atoms with E-state index in [4.69, 9.17) is 0 Å². The van der Waals surface area contributed by atoms with E-state index in [2.05, 4.69) is 56.8 Å². The number of para-hydroxylation sites is 1. The second kappa shape index (κ2) is 7.74. The van der Waals surface area contributed by atoms with Crippen molar-refractivity contribution in [2.75, 3.05) is 19.6 Å². The van der Waals surface area contributed by atoms with Crippen LogP contribution < -0.4 is 10.6 Å². The molecule has 0 spiro atoms. The minimum absolute atomic E-state index is 0.0927. The Balaban J connectivity index is 1.27. The third-order valence-corrected chi connectivity index (χ3v) is 5.03. The van der Waals surface area contributed by atoms with Crippen molar-refractivity contribution >= 4 is 16.8 Å². The van der Waals surface area contributed by atoms with E-state index < -0.39 is 0 Å². The molecule has 0 radical (unpaired) electrons. The summed E-state index contributed by atoms with van der Waals surface area (Å²) in [4.78, 5) is 12.3. The van der Waals surface area contributed by atoms with E-state index in [-0.39, 0.29) is 5.91 Å². The lowest BCUT2D eigenvalue weighted by Crippen LogP contribution is -2.32. The lowest BCUT2D eigenvalue weighted by atomic mass is 10.1. The molecule has 1 fully saturated rings. The van der Waals surface area contributed by atoms with Gasteiger partial charge in [0.2, 0.25) is 0 Å². The maximum absolute atomic E-state index is 12.3. The number of nitrogens with zero attached hydrogens (tertiary/aromatic N) is 3. The van der Waals surface area contributed by atoms with Gasteiger partial charge in [-0.25, -0.2) is 0 Å². The fourth-order valence-corrected chi connectivity index (χ4v) is 3.60. The zero-order chi connectivity index (χ0) is 17.8. The largest absolute Gasteiger partial charge is 0.351 e. The van der Waals surface area contributed by atoms with Crippen LogP contribution in [0.4, 0.5) is 0 Å². The van der Waals surface area contributed by atoms with Gasteiger partial charge in [-0.15, -0.1) is 0 Å². The lowest BCUT2D eigenvalue weighted by Gasteiger charge is -2.22. The molecule has 6 heteroatoms. The predicted octanol–water partition coefficient (Wildman–Crippen LogP) is 2.58. The summed E-state index contributed by atoms with van der Waals surface area (Å²) in [6.07, 6.45) is 7.17. The van der Waals surface area contributed by atoms with Gasteiger partial charge in [-0.05, 0) is 49.4 Å². The van der Waals surface area contributed by atoms with Crippen molar-refractivity contribution in [2.24, 2.45) is 0 Å². The zero-order valence-electron chi connectivity index (χ0n) is 14.9. The maximum atomic E-state index is 12.3. The topological polar surface area (TPSA) is 63.9 Å². The van der Waals surface area contributed by atoms with Gasteiger partial charge in [-0.2, -0.15) is 5.10 Å². The van der Waals surface area contributed by atoms with Crippen LogP contribution >= 0.6 is 0 Å². The first-order valence-corrected chi connectivity index (χ1v) is 9.39. The zero-order valence-corrected chi connectivity index (χ0v) is 14.9. The lowest BCUT2D eigenvalue weighted by molar-refractivity contribution is 0.0946. The minimum atomic E-state index is -0.0927. The van der Waals surface area contributed by atoms with Crippen LogP contribution in [0.25, 0.3) is 10.9 Å². The summed E-state index contributed by atoms with van der Waals surface area (Å²) >= 11 is 0. The Morgan fingerprint density at radius 2 is 2.15 bits per heavy atom. The Bertz CT molecular complexity index is 875. The number of amides is 1. The van der Waals surface area contributed by atoms with Crippen LogP contribution in [0.2, 0.25) is 0 Å². The number of carbonyl (C=O) groups excluding carboxylic acids is 1. The molecule has 1 amide bonds. The molecule has 3 aromatic rings. The fraction of sp³-hybridized carbons (Fsp3) is 0.400. The average Bonchev–Trinajstić information content (AvgIpc) is 3.33. The first-order chi connectivity index (χ1) is 12.8. The minimum Gasteiger partial charge on any atom is -0.351 e. The number of aromatic nitrogens is 3. The van der Waals surface area contributed by atoms with Gasteiger partial charge < -0.3 is 15.2 Å². The van der Waals surface area contributed by atoms with Crippen molar-refractivity contribution in [3.8, 4) is 0 Å². The predicted molar refractivity (Wildman–Crippen MR) is 102 cm³/mol. The third-order valence-electron chi connectivity index (χ3n) is 5.03. The summed E-state index contributed by atoms with van der Waals surface area (Å²) in [5, 5.41) is 12.1. The molecule has 6 nitrogen and oxygen atoms in total. The van der Waals surface area contributed by atoms with Crippen molar-refractivity contribution in [1.82, 2.24) is 25.0 Å². The Labute approximate surface area is 153 Å². The molecule has 2 N–H and O–H groups in total. The summed E-state index contributed by atoms with van der Waals surface area (Å²) < 4.78 is 4.15. The van der Waals surface area contributed by atoms with Crippen LogP contribution in [0.5, 0.6) is 0 Å². The van der Waals surface area contributed by atoms with Crippen molar-refractivity contribution in [3.05, 3.63) is 54.5 Å². The molecular weight excluding hydrogens is 326 g/mol. The van der Waals surface area contributed by atoms with Gasteiger partial charge in [-0.1, -0.05) is 18.2 Å². The van der Waals surface area contributed by atoms with E-state index in [1.807, 2.05) is 16.9 Å². The highest BCUT2D eigenvalue weighted by molar-refractivity contribution is 5.92. The SMILES string of the molecule is O=C(NCCCn1ccc2ccccc21)c1ccn(C2CCCNC2)n1. The Morgan fingerprint density at radius 3 is 3.04 bits per heavy atom. The molecule has 3 heterocycles. The quantitative estimate of drug-likeness (QED) is 0.671. The van der Waals surface area contributed by atoms with Gasteiger partial charge in [0.15, 0.2) is 0 Å². The van der Waals surface area contributed by atoms with E-state index in [9.17, 15) is 4.79 Å². The number of hydrogen-bond donors (Lipinski definition) is 2. The van der Waals surface area contributed by atoms with Gasteiger partial charge in [0.25, 0.3) is 5.91 Å². The second-order valence-electron chi connectivity index (χ2n) is 6.86. The summed E-state index contributed by atoms with van der Waals surface area (Å²) in [5.41, 5.74) is 1.74. The number of hydrogen-bond acceptors (Lipinski definition) is 3. The second-order valence-corrected chi connectivity index (χ2v) is 6.86. The van der Waals surface area contributed by atoms with Crippen molar-refractivity contribution in [1.29, 1.82) is 0 Å². The van der Waals surface area contributed by atoms with E-state index in [0.29, 0.717) is 18.3 Å². The monoisotopic (exact) mass is 351 g/mol. The highest BCUT2D eigenvalue weighted by Crippen LogP contribution is 2.16. The third kappa shape index (κ3) is 3.65. The number of carbonyl (C=O) groups is 1. The number of piperidine rings is 1. The molecule has 4 rings (SSSR count). The van der Waals surface area contributed by atoms with Crippen molar-refractivity contribution in [3.63, 3.8) is 0 Å². The Kier molecular flexibility index (Phi) is 5.02. The van der Waals surface area contributed by atoms with E-state index in [1.165, 1.54) is 10.9 Å². The van der Waals surface area contributed by atoms with Gasteiger partial charge in [0, 0.05) is 37.5 Å². The van der Waals surface area contributed by atoms with Crippen LogP contribution in [0.1, 0.15) is 35.8 Å². The molecule has 1 unspecified atom stereocenters. The molecule has 1 aliphatic heterocycles. The van der Waals surface area contributed by atoms with Gasteiger partial charge in [-0.3, -0.25) is 9.48 Å². The first-order valence-electron chi connectivity index (χ1n) is 9.39. The summed E-state index contributed by atoms with van der Waals surface area (Å²) in [6.45, 7) is 3.52. The highest BCUT2D eigenvalue weighted by Gasteiger charge is 2.17. The fourth-order valence-electron chi connectivity index (χ4n) is 3.60. The molecule has 0 bridgehead atoms. The molecule has 26 heavy (non-hydrogen) atoms. The summed E-state index contributed by atoms with van der Waals surface area (Å²) in [5.74, 6) is -0.0927. The normalized spacial score (nSPS) is 17.5. The van der Waals surface area contributed by atoms with Crippen molar-refractivity contribution < 1.29 is 4.79 Å². The molecule has 1 saturated heterocycles. The average molecular weight is 351 g/mol. The van der Waals surface area contributed by atoms with E-state index in [0.717, 1.165) is 38.9 Å². The molecule has 1 aromatic carbocycles. The van der Waals surface area contributed by atoms with Crippen LogP contribution in [0.3, 0.4) is 0 Å². The van der Waals surface area contributed by atoms with Crippen LogP contribution in [0.15, 0.2) is 48.8 Å². The highest BCUT2D eigenvalue weighted by atomic mass is 16.1. The molecule has 1 atom stereocenters. The van der Waals surface area contributed by atoms with Crippen LogP contribution in [0, 0.1) is 0 Å². The Hall–Kier alpha value is -2.60. The molecule has 0 aliphatic carbocycles. The molecule has 136 valence electrons. The van der Waals surface area contributed by atoms with Crippen LogP contribution in [-0.4, -0.2) is 39.9 Å². The van der Waals surface area contributed by atoms with Crippen LogP contribution in [-0.2, 0) is 6.54 Å². The number of aryl methyl sites for hydroxylation is 1. The molecule has 0 saturated carbocycles. The van der Waals surface area contributed by atoms with Gasteiger partial charge >= 0.3 is 0 Å². The first kappa shape index (κ1) is 16.8. The van der Waals surface area contributed by atoms with Gasteiger partial charge in [0.1, 0.15) is 5.69 Å². The summed E-state index contributed by atoms with van der Waals surface area (Å²) in [7, 11) is 0. The smallest absolute Gasteiger partial charge is 0.271 e. The van der Waals surface area contributed by atoms with Crippen molar-refractivity contribution in [2.45, 2.75) is 31.8 Å². The van der Waals surface area contributed by atoms with E-state index >= 15 is 0 Å². The number of rotatable bonds is 6. The van der Waals surface area contributed by atoms with E-state index in [1.54, 1.807) is 0 Å². The molecular formula is C20H25N5O. The number of nitrogens with one attached hydrogen (secondary N) is 2. The Morgan fingerprint density at radius 1 is 1.23 bits per heavy atom. The van der Waals surface area contributed by atoms with Gasteiger partial charge in [0.05, 0.1) is 6.04 Å². The number of fused-ring (bicyclic) bond motifs is 1. The summed E-state index contributed by atoms with van der Waals surface area (Å²) in [6, 6.07) is 12.6. The maximum Gasteiger partial charge on any atom is 0.271 e.